The third-order valence-corrected chi connectivity index (χ3v) is 7.78. The molecule has 0 saturated heterocycles. The SMILES string of the molecule is CC(C1CC1)N1Cc2cc(-c3ccn4nc(N)c(C(=O)Nc5ccccc5)c4n3)cc(NS(C)(=O)=O)c2C1=O. The van der Waals surface area contributed by atoms with Crippen LogP contribution in [0.1, 0.15) is 46.0 Å². The van der Waals surface area contributed by atoms with Crippen molar-refractivity contribution >= 4 is 44.7 Å². The molecule has 12 heteroatoms. The predicted octanol–water partition coefficient (Wildman–Crippen LogP) is 3.36. The molecule has 4 aromatic rings. The zero-order chi connectivity index (χ0) is 27.5. The monoisotopic (exact) mass is 545 g/mol. The summed E-state index contributed by atoms with van der Waals surface area (Å²) in [6.07, 6.45) is 4.85. The number of hydrogen-bond donors (Lipinski definition) is 3. The fourth-order valence-corrected chi connectivity index (χ4v) is 5.67. The first kappa shape index (κ1) is 24.9. The number of carbonyl (C=O) groups is 2. The molecule has 4 N–H and O–H groups in total. The van der Waals surface area contributed by atoms with Crippen molar-refractivity contribution in [1.29, 1.82) is 0 Å². The Morgan fingerprint density at radius 2 is 1.90 bits per heavy atom. The highest BCUT2D eigenvalue weighted by Crippen LogP contribution is 2.41. The largest absolute Gasteiger partial charge is 0.381 e. The number of para-hydroxylation sites is 1. The number of nitrogens with zero attached hydrogens (tertiary/aromatic N) is 4. The number of nitrogens with two attached hydrogens (primary N) is 1. The molecule has 2 aromatic carbocycles. The first-order chi connectivity index (χ1) is 18.6. The van der Waals surface area contributed by atoms with Crippen molar-refractivity contribution in [1.82, 2.24) is 19.5 Å². The van der Waals surface area contributed by atoms with Crippen LogP contribution >= 0.6 is 0 Å². The number of hydrogen-bond acceptors (Lipinski definition) is 7. The molecule has 1 aliphatic carbocycles. The number of carbonyl (C=O) groups excluding carboxylic acids is 2. The summed E-state index contributed by atoms with van der Waals surface area (Å²) in [5.41, 5.74) is 9.40. The fraction of sp³-hybridized carbons (Fsp3) is 0.259. The zero-order valence-corrected chi connectivity index (χ0v) is 22.2. The molecule has 2 aromatic heterocycles. The van der Waals surface area contributed by atoms with Crippen molar-refractivity contribution in [2.24, 2.45) is 5.92 Å². The van der Waals surface area contributed by atoms with E-state index in [0.29, 0.717) is 40.5 Å². The number of aromatic nitrogens is 3. The van der Waals surface area contributed by atoms with Crippen molar-refractivity contribution in [3.63, 3.8) is 0 Å². The minimum absolute atomic E-state index is 0.0248. The molecular weight excluding hydrogens is 518 g/mol. The Hall–Kier alpha value is -4.45. The van der Waals surface area contributed by atoms with Gasteiger partial charge in [0.2, 0.25) is 10.0 Å². The molecule has 0 radical (unpaired) electrons. The van der Waals surface area contributed by atoms with Crippen LogP contribution in [0.5, 0.6) is 0 Å². The number of fused-ring (bicyclic) bond motifs is 2. The highest BCUT2D eigenvalue weighted by molar-refractivity contribution is 7.92. The zero-order valence-electron chi connectivity index (χ0n) is 21.4. The van der Waals surface area contributed by atoms with Gasteiger partial charge in [0.15, 0.2) is 11.5 Å². The molecule has 1 saturated carbocycles. The Bertz CT molecular complexity index is 1750. The molecular formula is C27H27N7O4S. The van der Waals surface area contributed by atoms with Crippen molar-refractivity contribution in [3.8, 4) is 11.3 Å². The van der Waals surface area contributed by atoms with Crippen LogP contribution in [-0.2, 0) is 16.6 Å². The average Bonchev–Trinajstić information content (AvgIpc) is 3.60. The van der Waals surface area contributed by atoms with E-state index in [1.54, 1.807) is 47.5 Å². The molecule has 3 heterocycles. The van der Waals surface area contributed by atoms with E-state index in [1.165, 1.54) is 4.52 Å². The second-order valence-electron chi connectivity index (χ2n) is 10.1. The van der Waals surface area contributed by atoms with Gasteiger partial charge in [-0.05, 0) is 61.6 Å². The molecule has 1 atom stereocenters. The standard InChI is InChI=1S/C27H27N7O4S/c1-15(16-8-9-16)33-14-18-12-17(13-21(22(18)27(33)36)32-39(2,37)38)20-10-11-34-25(30-20)23(24(28)31-34)26(35)29-19-6-4-3-5-7-19/h3-7,10-13,15-16,32H,8-9,14H2,1-2H3,(H2,28,31)(H,29,35). The molecule has 0 bridgehead atoms. The van der Waals surface area contributed by atoms with E-state index in [4.69, 9.17) is 5.73 Å². The van der Waals surface area contributed by atoms with Crippen LogP contribution in [0.25, 0.3) is 16.9 Å². The van der Waals surface area contributed by atoms with Crippen LogP contribution in [-0.4, -0.2) is 52.0 Å². The van der Waals surface area contributed by atoms with Gasteiger partial charge in [0, 0.05) is 30.0 Å². The van der Waals surface area contributed by atoms with Crippen molar-refractivity contribution in [2.75, 3.05) is 22.0 Å². The van der Waals surface area contributed by atoms with Gasteiger partial charge in [-0.2, -0.15) is 0 Å². The second kappa shape index (κ2) is 9.09. The molecule has 1 unspecified atom stereocenters. The van der Waals surface area contributed by atoms with Gasteiger partial charge in [-0.1, -0.05) is 18.2 Å². The van der Waals surface area contributed by atoms with E-state index in [9.17, 15) is 18.0 Å². The summed E-state index contributed by atoms with van der Waals surface area (Å²) in [5, 5.41) is 7.03. The van der Waals surface area contributed by atoms with Gasteiger partial charge in [0.25, 0.3) is 11.8 Å². The topological polar surface area (TPSA) is 152 Å². The number of rotatable bonds is 7. The lowest BCUT2D eigenvalue weighted by Gasteiger charge is -2.24. The van der Waals surface area contributed by atoms with Crippen molar-refractivity contribution in [2.45, 2.75) is 32.4 Å². The maximum absolute atomic E-state index is 13.4. The Morgan fingerprint density at radius 3 is 2.59 bits per heavy atom. The number of amides is 2. The summed E-state index contributed by atoms with van der Waals surface area (Å²) < 4.78 is 28.4. The molecule has 1 aliphatic heterocycles. The Morgan fingerprint density at radius 1 is 1.15 bits per heavy atom. The Kier molecular flexibility index (Phi) is 5.79. The minimum atomic E-state index is -3.67. The molecule has 200 valence electrons. The lowest BCUT2D eigenvalue weighted by atomic mass is 10.0. The molecule has 0 spiro atoms. The van der Waals surface area contributed by atoms with Crippen LogP contribution in [0.4, 0.5) is 17.2 Å². The van der Waals surface area contributed by atoms with Gasteiger partial charge in [-0.15, -0.1) is 5.10 Å². The molecule has 2 aliphatic rings. The van der Waals surface area contributed by atoms with E-state index < -0.39 is 15.9 Å². The maximum atomic E-state index is 13.4. The van der Waals surface area contributed by atoms with Crippen LogP contribution in [0.2, 0.25) is 0 Å². The summed E-state index contributed by atoms with van der Waals surface area (Å²) in [5.74, 6) is -0.154. The number of anilines is 3. The third kappa shape index (κ3) is 4.67. The lowest BCUT2D eigenvalue weighted by molar-refractivity contribution is 0.0698. The molecule has 39 heavy (non-hydrogen) atoms. The summed E-state index contributed by atoms with van der Waals surface area (Å²) >= 11 is 0. The second-order valence-corrected chi connectivity index (χ2v) is 11.9. The Labute approximate surface area is 225 Å². The predicted molar refractivity (Wildman–Crippen MR) is 148 cm³/mol. The smallest absolute Gasteiger partial charge is 0.263 e. The number of nitrogen functional groups attached to an aromatic ring is 1. The minimum Gasteiger partial charge on any atom is -0.381 e. The van der Waals surface area contributed by atoms with Gasteiger partial charge in [0.1, 0.15) is 5.56 Å². The van der Waals surface area contributed by atoms with Crippen LogP contribution < -0.4 is 15.8 Å². The third-order valence-electron chi connectivity index (χ3n) is 7.19. The highest BCUT2D eigenvalue weighted by atomic mass is 32.2. The first-order valence-corrected chi connectivity index (χ1v) is 14.5. The Balaban J connectivity index is 1.42. The van der Waals surface area contributed by atoms with Gasteiger partial charge < -0.3 is 16.0 Å². The van der Waals surface area contributed by atoms with Gasteiger partial charge in [0.05, 0.1) is 23.2 Å². The molecule has 11 nitrogen and oxygen atoms in total. The normalized spacial score (nSPS) is 15.8. The summed E-state index contributed by atoms with van der Waals surface area (Å²) in [4.78, 5) is 33.0. The van der Waals surface area contributed by atoms with Crippen LogP contribution in [0, 0.1) is 5.92 Å². The van der Waals surface area contributed by atoms with Crippen molar-refractivity contribution in [3.05, 3.63) is 71.4 Å². The average molecular weight is 546 g/mol. The maximum Gasteiger partial charge on any atom is 0.263 e. The summed E-state index contributed by atoms with van der Waals surface area (Å²) in [7, 11) is -3.67. The molecule has 6 rings (SSSR count). The van der Waals surface area contributed by atoms with Crippen molar-refractivity contribution < 1.29 is 18.0 Å². The van der Waals surface area contributed by atoms with E-state index in [2.05, 4.69) is 20.1 Å². The number of benzene rings is 2. The summed E-state index contributed by atoms with van der Waals surface area (Å²) in [6.45, 7) is 2.41. The lowest BCUT2D eigenvalue weighted by Crippen LogP contribution is -2.34. The van der Waals surface area contributed by atoms with Gasteiger partial charge in [-0.25, -0.2) is 17.9 Å². The number of nitrogens with one attached hydrogen (secondary N) is 2. The fourth-order valence-electron chi connectivity index (χ4n) is 5.11. The highest BCUT2D eigenvalue weighted by Gasteiger charge is 2.40. The quantitative estimate of drug-likeness (QED) is 0.322. The van der Waals surface area contributed by atoms with Gasteiger partial charge in [-0.3, -0.25) is 14.3 Å². The van der Waals surface area contributed by atoms with E-state index in [-0.39, 0.29) is 34.7 Å². The molecule has 1 fully saturated rings. The van der Waals surface area contributed by atoms with E-state index in [1.807, 2.05) is 19.1 Å². The first-order valence-electron chi connectivity index (χ1n) is 12.6. The van der Waals surface area contributed by atoms with E-state index >= 15 is 0 Å². The van der Waals surface area contributed by atoms with Crippen LogP contribution in [0.3, 0.4) is 0 Å². The summed E-state index contributed by atoms with van der Waals surface area (Å²) in [6, 6.07) is 14.2. The van der Waals surface area contributed by atoms with Crippen LogP contribution in [0.15, 0.2) is 54.7 Å². The van der Waals surface area contributed by atoms with Gasteiger partial charge >= 0.3 is 0 Å². The van der Waals surface area contributed by atoms with E-state index in [0.717, 1.165) is 19.1 Å². The molecule has 2 amide bonds. The number of sulfonamides is 1.